The number of likely N-dealkylation sites (tertiary alicyclic amines) is 1. The van der Waals surface area contributed by atoms with Crippen LogP contribution in [0, 0.1) is 0 Å². The number of carbonyl (C=O) groups is 2. The standard InChI is InChI=1S/C16H24F3N5O3/c1-9(2)24-13(12(20)14(22-24)16(17,18)19)15(26)21-10-5-4-6-23(7-10)11(25)8-27-3/h9-10H,4-8,20H2,1-3H3,(H,21,26). The molecule has 11 heteroatoms. The quantitative estimate of drug-likeness (QED) is 0.791. The fraction of sp³-hybridized carbons (Fsp3) is 0.688. The smallest absolute Gasteiger partial charge is 0.395 e. The molecule has 1 aromatic heterocycles. The second-order valence-corrected chi connectivity index (χ2v) is 6.73. The Bertz CT molecular complexity index is 702. The van der Waals surface area contributed by atoms with Gasteiger partial charge in [-0.3, -0.25) is 14.3 Å². The zero-order valence-electron chi connectivity index (χ0n) is 15.5. The first-order valence-electron chi connectivity index (χ1n) is 8.59. The summed E-state index contributed by atoms with van der Waals surface area (Å²) in [7, 11) is 1.41. The first kappa shape index (κ1) is 21.0. The lowest BCUT2D eigenvalue weighted by Gasteiger charge is -2.33. The molecule has 2 amide bonds. The van der Waals surface area contributed by atoms with Gasteiger partial charge in [-0.05, 0) is 26.7 Å². The predicted octanol–water partition coefficient (Wildman–Crippen LogP) is 1.43. The Balaban J connectivity index is 2.20. The highest BCUT2D eigenvalue weighted by atomic mass is 19.4. The predicted molar refractivity (Wildman–Crippen MR) is 91.0 cm³/mol. The lowest BCUT2D eigenvalue weighted by Crippen LogP contribution is -2.50. The molecular formula is C16H24F3N5O3. The highest BCUT2D eigenvalue weighted by molar-refractivity contribution is 5.98. The van der Waals surface area contributed by atoms with E-state index >= 15 is 0 Å². The van der Waals surface area contributed by atoms with E-state index in [0.717, 1.165) is 4.68 Å². The Morgan fingerprint density at radius 2 is 2.07 bits per heavy atom. The summed E-state index contributed by atoms with van der Waals surface area (Å²) in [6.07, 6.45) is -3.50. The van der Waals surface area contributed by atoms with E-state index in [0.29, 0.717) is 19.4 Å². The van der Waals surface area contributed by atoms with Crippen molar-refractivity contribution >= 4 is 17.5 Å². The molecule has 1 aliphatic rings. The monoisotopic (exact) mass is 391 g/mol. The third-order valence-corrected chi connectivity index (χ3v) is 4.30. The number of hydrogen-bond donors (Lipinski definition) is 2. The van der Waals surface area contributed by atoms with Gasteiger partial charge in [0.25, 0.3) is 5.91 Å². The lowest BCUT2D eigenvalue weighted by molar-refractivity contribution is -0.141. The summed E-state index contributed by atoms with van der Waals surface area (Å²) < 4.78 is 45.1. The van der Waals surface area contributed by atoms with E-state index < -0.39 is 35.5 Å². The number of halogens is 3. The minimum absolute atomic E-state index is 0.0668. The molecule has 1 aliphatic heterocycles. The van der Waals surface area contributed by atoms with Crippen LogP contribution in [0.3, 0.4) is 0 Å². The van der Waals surface area contributed by atoms with Crippen LogP contribution in [0.4, 0.5) is 18.9 Å². The van der Waals surface area contributed by atoms with Gasteiger partial charge in [0.05, 0.1) is 5.69 Å². The lowest BCUT2D eigenvalue weighted by atomic mass is 10.1. The van der Waals surface area contributed by atoms with E-state index in [2.05, 4.69) is 10.4 Å². The van der Waals surface area contributed by atoms with Gasteiger partial charge in [0.15, 0.2) is 5.69 Å². The number of ether oxygens (including phenoxy) is 1. The van der Waals surface area contributed by atoms with Crippen molar-refractivity contribution in [3.63, 3.8) is 0 Å². The summed E-state index contributed by atoms with van der Waals surface area (Å²) >= 11 is 0. The Hall–Kier alpha value is -2.30. The molecule has 0 aliphatic carbocycles. The van der Waals surface area contributed by atoms with Gasteiger partial charge in [0.1, 0.15) is 12.3 Å². The molecule has 0 radical (unpaired) electrons. The van der Waals surface area contributed by atoms with Crippen molar-refractivity contribution in [3.05, 3.63) is 11.4 Å². The molecule has 2 rings (SSSR count). The van der Waals surface area contributed by atoms with Gasteiger partial charge in [0, 0.05) is 32.3 Å². The average Bonchev–Trinajstić information content (AvgIpc) is 2.93. The fourth-order valence-electron chi connectivity index (χ4n) is 3.05. The molecule has 1 saturated heterocycles. The maximum atomic E-state index is 13.1. The molecule has 0 saturated carbocycles. The number of methoxy groups -OCH3 is 1. The van der Waals surface area contributed by atoms with Crippen LogP contribution < -0.4 is 11.1 Å². The van der Waals surface area contributed by atoms with Crippen LogP contribution >= 0.6 is 0 Å². The van der Waals surface area contributed by atoms with Crippen molar-refractivity contribution < 1.29 is 27.5 Å². The largest absolute Gasteiger partial charge is 0.437 e. The third kappa shape index (κ3) is 4.71. The van der Waals surface area contributed by atoms with Crippen LogP contribution in [0.25, 0.3) is 0 Å². The van der Waals surface area contributed by atoms with Crippen LogP contribution in [0.15, 0.2) is 0 Å². The fourth-order valence-corrected chi connectivity index (χ4v) is 3.05. The molecule has 0 aromatic carbocycles. The summed E-state index contributed by atoms with van der Waals surface area (Å²) in [5.41, 5.74) is 3.31. The average molecular weight is 391 g/mol. The second-order valence-electron chi connectivity index (χ2n) is 6.73. The molecule has 152 valence electrons. The molecular weight excluding hydrogens is 367 g/mol. The highest BCUT2D eigenvalue weighted by Gasteiger charge is 2.40. The molecule has 1 aromatic rings. The molecule has 8 nitrogen and oxygen atoms in total. The number of rotatable bonds is 5. The number of piperidine rings is 1. The van der Waals surface area contributed by atoms with Crippen molar-refractivity contribution in [3.8, 4) is 0 Å². The molecule has 1 unspecified atom stereocenters. The Morgan fingerprint density at radius 3 is 2.63 bits per heavy atom. The molecule has 27 heavy (non-hydrogen) atoms. The molecule has 1 fully saturated rings. The Labute approximate surface area is 154 Å². The molecule has 0 spiro atoms. The SMILES string of the molecule is COCC(=O)N1CCCC(NC(=O)c2c(N)c(C(F)(F)F)nn2C(C)C)C1. The zero-order valence-corrected chi connectivity index (χ0v) is 15.5. The van der Waals surface area contributed by atoms with Crippen molar-refractivity contribution in [2.45, 2.75) is 44.9 Å². The van der Waals surface area contributed by atoms with Crippen molar-refractivity contribution in [2.24, 2.45) is 0 Å². The van der Waals surface area contributed by atoms with Crippen molar-refractivity contribution in [1.82, 2.24) is 20.0 Å². The van der Waals surface area contributed by atoms with Gasteiger partial charge in [0.2, 0.25) is 5.91 Å². The number of carbonyl (C=O) groups excluding carboxylic acids is 2. The molecule has 1 atom stereocenters. The minimum atomic E-state index is -4.76. The van der Waals surface area contributed by atoms with Crippen LogP contribution in [0.2, 0.25) is 0 Å². The number of alkyl halides is 3. The van der Waals surface area contributed by atoms with Gasteiger partial charge >= 0.3 is 6.18 Å². The number of hydrogen-bond acceptors (Lipinski definition) is 5. The van der Waals surface area contributed by atoms with E-state index in [1.54, 1.807) is 18.7 Å². The van der Waals surface area contributed by atoms with Crippen molar-refractivity contribution in [2.75, 3.05) is 32.5 Å². The van der Waals surface area contributed by atoms with Crippen LogP contribution in [-0.2, 0) is 15.7 Å². The van der Waals surface area contributed by atoms with Crippen LogP contribution in [0.5, 0.6) is 0 Å². The van der Waals surface area contributed by atoms with Gasteiger partial charge in [-0.1, -0.05) is 0 Å². The van der Waals surface area contributed by atoms with E-state index in [-0.39, 0.29) is 24.8 Å². The minimum Gasteiger partial charge on any atom is -0.395 e. The summed E-state index contributed by atoms with van der Waals surface area (Å²) in [5, 5.41) is 6.17. The van der Waals surface area contributed by atoms with Gasteiger partial charge in [-0.15, -0.1) is 0 Å². The molecule has 0 bridgehead atoms. The summed E-state index contributed by atoms with van der Waals surface area (Å²) in [5.74, 6) is -0.946. The van der Waals surface area contributed by atoms with E-state index in [9.17, 15) is 22.8 Å². The molecule has 3 N–H and O–H groups in total. The number of anilines is 1. The van der Waals surface area contributed by atoms with E-state index in [4.69, 9.17) is 10.5 Å². The maximum Gasteiger partial charge on any atom is 0.437 e. The number of nitrogens with one attached hydrogen (secondary N) is 1. The number of nitrogens with two attached hydrogens (primary N) is 1. The number of nitrogen functional groups attached to an aromatic ring is 1. The van der Waals surface area contributed by atoms with Crippen molar-refractivity contribution in [1.29, 1.82) is 0 Å². The van der Waals surface area contributed by atoms with E-state index in [1.807, 2.05) is 0 Å². The summed E-state index contributed by atoms with van der Waals surface area (Å²) in [6.45, 7) is 3.95. The maximum absolute atomic E-state index is 13.1. The summed E-state index contributed by atoms with van der Waals surface area (Å²) in [6, 6.07) is -0.883. The van der Waals surface area contributed by atoms with Crippen LogP contribution in [-0.4, -0.2) is 59.3 Å². The molecule has 2 heterocycles. The summed E-state index contributed by atoms with van der Waals surface area (Å²) in [4.78, 5) is 26.2. The topological polar surface area (TPSA) is 102 Å². The number of amides is 2. The van der Waals surface area contributed by atoms with Crippen LogP contribution in [0.1, 0.15) is 48.9 Å². The normalized spacial score (nSPS) is 18.0. The number of nitrogens with zero attached hydrogens (tertiary/aromatic N) is 3. The van der Waals surface area contributed by atoms with Gasteiger partial charge < -0.3 is 20.7 Å². The first-order chi connectivity index (χ1) is 12.6. The Morgan fingerprint density at radius 1 is 1.41 bits per heavy atom. The second kappa shape index (κ2) is 8.15. The third-order valence-electron chi connectivity index (χ3n) is 4.30. The Kier molecular flexibility index (Phi) is 6.34. The highest BCUT2D eigenvalue weighted by Crippen LogP contribution is 2.35. The van der Waals surface area contributed by atoms with E-state index in [1.165, 1.54) is 7.11 Å². The first-order valence-corrected chi connectivity index (χ1v) is 8.59. The van der Waals surface area contributed by atoms with Gasteiger partial charge in [-0.2, -0.15) is 18.3 Å². The zero-order chi connectivity index (χ0) is 20.4. The number of aromatic nitrogens is 2. The van der Waals surface area contributed by atoms with Gasteiger partial charge in [-0.25, -0.2) is 0 Å².